The van der Waals surface area contributed by atoms with E-state index in [2.05, 4.69) is 11.4 Å². The molecule has 0 fully saturated rings. The first-order valence-electron chi connectivity index (χ1n) is 7.48. The molecule has 1 amide bonds. The summed E-state index contributed by atoms with van der Waals surface area (Å²) in [5.41, 5.74) is 2.62. The molecule has 2 aromatic carbocycles. The van der Waals surface area contributed by atoms with Gasteiger partial charge in [-0.1, -0.05) is 6.92 Å². The molecule has 0 aliphatic rings. The molecule has 0 aromatic heterocycles. The SMILES string of the molecule is Cc1cc(NC(=O)C(C)COc2ccc(C#N)cc2)ccc1C#N. The Balaban J connectivity index is 1.91. The monoisotopic (exact) mass is 319 g/mol. The smallest absolute Gasteiger partial charge is 0.230 e. The summed E-state index contributed by atoms with van der Waals surface area (Å²) < 4.78 is 5.57. The van der Waals surface area contributed by atoms with E-state index in [0.29, 0.717) is 22.6 Å². The molecule has 120 valence electrons. The molecular weight excluding hydrogens is 302 g/mol. The topological polar surface area (TPSA) is 85.9 Å². The second-order valence-electron chi connectivity index (χ2n) is 5.48. The van der Waals surface area contributed by atoms with Crippen molar-refractivity contribution in [3.05, 3.63) is 59.2 Å². The van der Waals surface area contributed by atoms with Crippen molar-refractivity contribution in [2.24, 2.45) is 5.92 Å². The third-order valence-corrected chi connectivity index (χ3v) is 3.55. The number of benzene rings is 2. The number of amides is 1. The highest BCUT2D eigenvalue weighted by Crippen LogP contribution is 2.16. The quantitative estimate of drug-likeness (QED) is 0.915. The van der Waals surface area contributed by atoms with E-state index >= 15 is 0 Å². The summed E-state index contributed by atoms with van der Waals surface area (Å²) in [6, 6.07) is 16.0. The van der Waals surface area contributed by atoms with Crippen molar-refractivity contribution in [2.45, 2.75) is 13.8 Å². The fraction of sp³-hybridized carbons (Fsp3) is 0.211. The average Bonchev–Trinajstić information content (AvgIpc) is 2.60. The molecule has 0 aliphatic heterocycles. The van der Waals surface area contributed by atoms with Crippen molar-refractivity contribution in [2.75, 3.05) is 11.9 Å². The molecule has 0 heterocycles. The number of carbonyl (C=O) groups is 1. The second kappa shape index (κ2) is 7.80. The van der Waals surface area contributed by atoms with Gasteiger partial charge in [0, 0.05) is 5.69 Å². The molecule has 0 spiro atoms. The zero-order valence-electron chi connectivity index (χ0n) is 13.5. The van der Waals surface area contributed by atoms with E-state index in [0.717, 1.165) is 5.56 Å². The maximum Gasteiger partial charge on any atom is 0.230 e. The number of rotatable bonds is 5. The predicted molar refractivity (Wildman–Crippen MR) is 90.3 cm³/mol. The van der Waals surface area contributed by atoms with Gasteiger partial charge in [0.2, 0.25) is 5.91 Å². The summed E-state index contributed by atoms with van der Waals surface area (Å²) in [5.74, 6) is 0.104. The molecule has 0 saturated heterocycles. The van der Waals surface area contributed by atoms with Crippen molar-refractivity contribution in [3.63, 3.8) is 0 Å². The fourth-order valence-corrected chi connectivity index (χ4v) is 2.05. The van der Waals surface area contributed by atoms with Gasteiger partial charge in [-0.05, 0) is 55.0 Å². The minimum Gasteiger partial charge on any atom is -0.493 e. The number of ether oxygens (including phenoxy) is 1. The highest BCUT2D eigenvalue weighted by atomic mass is 16.5. The lowest BCUT2D eigenvalue weighted by Crippen LogP contribution is -2.25. The van der Waals surface area contributed by atoms with Crippen LogP contribution in [0.5, 0.6) is 5.75 Å². The Morgan fingerprint density at radius 1 is 1.17 bits per heavy atom. The highest BCUT2D eigenvalue weighted by molar-refractivity contribution is 5.92. The molecule has 0 bridgehead atoms. The van der Waals surface area contributed by atoms with E-state index in [4.69, 9.17) is 15.3 Å². The summed E-state index contributed by atoms with van der Waals surface area (Å²) in [5, 5.41) is 20.5. The van der Waals surface area contributed by atoms with E-state index in [-0.39, 0.29) is 18.4 Å². The van der Waals surface area contributed by atoms with E-state index < -0.39 is 0 Å². The van der Waals surface area contributed by atoms with Crippen LogP contribution in [0.3, 0.4) is 0 Å². The largest absolute Gasteiger partial charge is 0.493 e. The number of aryl methyl sites for hydroxylation is 1. The van der Waals surface area contributed by atoms with Crippen LogP contribution in [-0.4, -0.2) is 12.5 Å². The average molecular weight is 319 g/mol. The number of nitriles is 2. The van der Waals surface area contributed by atoms with Gasteiger partial charge in [0.15, 0.2) is 0 Å². The van der Waals surface area contributed by atoms with Gasteiger partial charge in [0.1, 0.15) is 5.75 Å². The van der Waals surface area contributed by atoms with Gasteiger partial charge >= 0.3 is 0 Å². The standard InChI is InChI=1S/C19H17N3O2/c1-13-9-17(6-5-16(13)11-21)22-19(23)14(2)12-24-18-7-3-15(10-20)4-8-18/h3-9,14H,12H2,1-2H3,(H,22,23). The van der Waals surface area contributed by atoms with Crippen LogP contribution in [0.2, 0.25) is 0 Å². The number of hydrogen-bond acceptors (Lipinski definition) is 4. The first-order valence-corrected chi connectivity index (χ1v) is 7.48. The lowest BCUT2D eigenvalue weighted by Gasteiger charge is -2.14. The van der Waals surface area contributed by atoms with E-state index in [1.165, 1.54) is 0 Å². The third kappa shape index (κ3) is 4.34. The Bertz CT molecular complexity index is 814. The third-order valence-electron chi connectivity index (χ3n) is 3.55. The van der Waals surface area contributed by atoms with Crippen LogP contribution < -0.4 is 10.1 Å². The van der Waals surface area contributed by atoms with E-state index in [1.807, 2.05) is 13.0 Å². The Morgan fingerprint density at radius 3 is 2.46 bits per heavy atom. The number of carbonyl (C=O) groups excluding carboxylic acids is 1. The van der Waals surface area contributed by atoms with Crippen molar-refractivity contribution < 1.29 is 9.53 Å². The summed E-state index contributed by atoms with van der Waals surface area (Å²) in [7, 11) is 0. The minimum atomic E-state index is -0.350. The van der Waals surface area contributed by atoms with Crippen molar-refractivity contribution in [1.82, 2.24) is 0 Å². The number of nitrogens with zero attached hydrogens (tertiary/aromatic N) is 2. The maximum absolute atomic E-state index is 12.2. The van der Waals surface area contributed by atoms with E-state index in [1.54, 1.807) is 49.4 Å². The Hall–Kier alpha value is -3.31. The lowest BCUT2D eigenvalue weighted by atomic mass is 10.1. The second-order valence-corrected chi connectivity index (χ2v) is 5.48. The van der Waals surface area contributed by atoms with Crippen molar-refractivity contribution in [1.29, 1.82) is 10.5 Å². The van der Waals surface area contributed by atoms with Gasteiger partial charge in [0.25, 0.3) is 0 Å². The van der Waals surface area contributed by atoms with Crippen LogP contribution in [0, 0.1) is 35.5 Å². The van der Waals surface area contributed by atoms with Gasteiger partial charge in [-0.25, -0.2) is 0 Å². The normalized spacial score (nSPS) is 11.0. The first kappa shape index (κ1) is 17.1. The van der Waals surface area contributed by atoms with Crippen LogP contribution in [0.4, 0.5) is 5.69 Å². The van der Waals surface area contributed by atoms with Gasteiger partial charge in [-0.3, -0.25) is 4.79 Å². The molecular formula is C19H17N3O2. The van der Waals surface area contributed by atoms with Crippen LogP contribution in [0.25, 0.3) is 0 Å². The van der Waals surface area contributed by atoms with Crippen LogP contribution in [-0.2, 0) is 4.79 Å². The fourth-order valence-electron chi connectivity index (χ4n) is 2.05. The molecule has 24 heavy (non-hydrogen) atoms. The molecule has 2 aromatic rings. The van der Waals surface area contributed by atoms with Crippen LogP contribution >= 0.6 is 0 Å². The van der Waals surface area contributed by atoms with Gasteiger partial charge in [0.05, 0.1) is 35.8 Å². The summed E-state index contributed by atoms with van der Waals surface area (Å²) in [4.78, 5) is 12.2. The molecule has 0 radical (unpaired) electrons. The summed E-state index contributed by atoms with van der Waals surface area (Å²) in [6.45, 7) is 3.83. The van der Waals surface area contributed by atoms with Gasteiger partial charge in [-0.15, -0.1) is 0 Å². The highest BCUT2D eigenvalue weighted by Gasteiger charge is 2.14. The van der Waals surface area contributed by atoms with Crippen molar-refractivity contribution >= 4 is 11.6 Å². The van der Waals surface area contributed by atoms with E-state index in [9.17, 15) is 4.79 Å². The number of nitrogens with one attached hydrogen (secondary N) is 1. The van der Waals surface area contributed by atoms with Crippen LogP contribution in [0.1, 0.15) is 23.6 Å². The number of hydrogen-bond donors (Lipinski definition) is 1. The molecule has 0 saturated carbocycles. The Labute approximate surface area is 141 Å². The van der Waals surface area contributed by atoms with Gasteiger partial charge in [-0.2, -0.15) is 10.5 Å². The van der Waals surface area contributed by atoms with Crippen LogP contribution in [0.15, 0.2) is 42.5 Å². The predicted octanol–water partition coefficient (Wildman–Crippen LogP) is 3.39. The maximum atomic E-state index is 12.2. The molecule has 2 rings (SSSR count). The zero-order chi connectivity index (χ0) is 17.5. The molecule has 5 heteroatoms. The zero-order valence-corrected chi connectivity index (χ0v) is 13.5. The summed E-state index contributed by atoms with van der Waals surface area (Å²) in [6.07, 6.45) is 0. The summed E-state index contributed by atoms with van der Waals surface area (Å²) >= 11 is 0. The van der Waals surface area contributed by atoms with Gasteiger partial charge < -0.3 is 10.1 Å². The molecule has 5 nitrogen and oxygen atoms in total. The molecule has 1 unspecified atom stereocenters. The molecule has 1 N–H and O–H groups in total. The van der Waals surface area contributed by atoms with Crippen molar-refractivity contribution in [3.8, 4) is 17.9 Å². The molecule has 0 aliphatic carbocycles. The minimum absolute atomic E-state index is 0.159. The Kier molecular flexibility index (Phi) is 5.54. The first-order chi connectivity index (χ1) is 11.5. The lowest BCUT2D eigenvalue weighted by molar-refractivity contribution is -0.120. The molecule has 1 atom stereocenters. The Morgan fingerprint density at radius 2 is 1.88 bits per heavy atom. The number of anilines is 1.